The van der Waals surface area contributed by atoms with Gasteiger partial charge in [0.15, 0.2) is 0 Å². The summed E-state index contributed by atoms with van der Waals surface area (Å²) in [5, 5.41) is 22.5. The second-order valence-electron chi connectivity index (χ2n) is 14.0. The third-order valence-electron chi connectivity index (χ3n) is 7.76. The van der Waals surface area contributed by atoms with Crippen molar-refractivity contribution in [2.45, 2.75) is 90.7 Å². The van der Waals surface area contributed by atoms with Crippen LogP contribution in [0.15, 0.2) is 64.2 Å². The van der Waals surface area contributed by atoms with Crippen LogP contribution in [-0.2, 0) is 23.9 Å². The van der Waals surface area contributed by atoms with Crippen molar-refractivity contribution in [2.75, 3.05) is 6.54 Å². The minimum Gasteiger partial charge on any atom is -0.465 e. The SMILES string of the molecule is CC(C)(C)OC(=O)N=C(N1CCCC1Cc1nc(-c2ccc(Cn3cc(-c4ccc(C(F)(F)F)cc4)nn3)cc2)no1)N(C(=O)O)C(C)(C)C. The van der Waals surface area contributed by atoms with Crippen LogP contribution < -0.4 is 0 Å². The zero-order valence-corrected chi connectivity index (χ0v) is 28.6. The first-order chi connectivity index (χ1) is 23.4. The number of halogens is 3. The maximum atomic E-state index is 12.9. The van der Waals surface area contributed by atoms with E-state index >= 15 is 0 Å². The highest BCUT2D eigenvalue weighted by molar-refractivity contribution is 5.99. The number of hydrogen-bond donors (Lipinski definition) is 1. The highest BCUT2D eigenvalue weighted by Gasteiger charge is 2.40. The standard InChI is InChI=1S/C34H39F3N8O5/c1-32(2,3)45(31(47)48)29(39-30(46)49-33(4,5)6)44-17-7-8-25(44)18-27-38-28(41-50-27)23-11-9-21(10-12-23)19-43-20-26(40-42-43)22-13-15-24(16-14-22)34(35,36)37/h9-16,20,25H,7-8,17-19H2,1-6H3,(H,47,48). The number of rotatable bonds is 6. The van der Waals surface area contributed by atoms with Gasteiger partial charge in [0.1, 0.15) is 11.3 Å². The van der Waals surface area contributed by atoms with Crippen molar-refractivity contribution in [3.63, 3.8) is 0 Å². The molecular formula is C34H39F3N8O5. The molecule has 0 saturated carbocycles. The summed E-state index contributed by atoms with van der Waals surface area (Å²) >= 11 is 0. The first-order valence-electron chi connectivity index (χ1n) is 16.0. The molecule has 16 heteroatoms. The molecule has 0 bridgehead atoms. The number of nitrogens with zero attached hydrogens (tertiary/aromatic N) is 8. The number of hydrogen-bond acceptors (Lipinski definition) is 8. The van der Waals surface area contributed by atoms with E-state index in [1.165, 1.54) is 12.1 Å². The Balaban J connectivity index is 1.27. The number of amides is 2. The van der Waals surface area contributed by atoms with Gasteiger partial charge >= 0.3 is 18.4 Å². The maximum absolute atomic E-state index is 12.9. The smallest absolute Gasteiger partial charge is 0.437 e. The van der Waals surface area contributed by atoms with E-state index in [0.29, 0.717) is 54.5 Å². The van der Waals surface area contributed by atoms with Gasteiger partial charge in [-0.05, 0) is 72.1 Å². The molecule has 1 atom stereocenters. The molecule has 13 nitrogen and oxygen atoms in total. The fraction of sp³-hybridized carbons (Fsp3) is 0.441. The van der Waals surface area contributed by atoms with Gasteiger partial charge in [-0.15, -0.1) is 10.1 Å². The van der Waals surface area contributed by atoms with Crippen LogP contribution in [0.3, 0.4) is 0 Å². The third kappa shape index (κ3) is 8.84. The third-order valence-corrected chi connectivity index (χ3v) is 7.76. The molecule has 2 aromatic heterocycles. The number of ether oxygens (including phenoxy) is 1. The van der Waals surface area contributed by atoms with Gasteiger partial charge in [0.05, 0.1) is 18.3 Å². The van der Waals surface area contributed by atoms with E-state index in [9.17, 15) is 27.9 Å². The molecule has 1 fully saturated rings. The molecular weight excluding hydrogens is 657 g/mol. The minimum absolute atomic E-state index is 0.0176. The monoisotopic (exact) mass is 696 g/mol. The summed E-state index contributed by atoms with van der Waals surface area (Å²) < 4.78 is 51.3. The molecule has 5 rings (SSSR count). The van der Waals surface area contributed by atoms with E-state index in [1.807, 2.05) is 24.3 Å². The van der Waals surface area contributed by atoms with Gasteiger partial charge in [-0.25, -0.2) is 19.2 Å². The van der Waals surface area contributed by atoms with Crippen LogP contribution in [0.25, 0.3) is 22.6 Å². The molecule has 2 amide bonds. The number of carboxylic acid groups (broad SMARTS) is 1. The van der Waals surface area contributed by atoms with Crippen LogP contribution >= 0.6 is 0 Å². The van der Waals surface area contributed by atoms with Crippen molar-refractivity contribution < 1.29 is 37.1 Å². The zero-order valence-electron chi connectivity index (χ0n) is 28.6. The highest BCUT2D eigenvalue weighted by Crippen LogP contribution is 2.31. The number of alkyl halides is 3. The van der Waals surface area contributed by atoms with Gasteiger partial charge in [0.25, 0.3) is 0 Å². The fourth-order valence-electron chi connectivity index (χ4n) is 5.53. The normalized spacial score (nSPS) is 15.7. The van der Waals surface area contributed by atoms with Crippen LogP contribution in [0.2, 0.25) is 0 Å². The second kappa shape index (κ2) is 13.9. The Morgan fingerprint density at radius 3 is 2.28 bits per heavy atom. The van der Waals surface area contributed by atoms with Crippen LogP contribution in [-0.4, -0.2) is 81.9 Å². The molecule has 266 valence electrons. The van der Waals surface area contributed by atoms with Gasteiger partial charge in [-0.3, -0.25) is 0 Å². The van der Waals surface area contributed by atoms with Gasteiger partial charge in [-0.1, -0.05) is 46.8 Å². The summed E-state index contributed by atoms with van der Waals surface area (Å²) in [5.41, 5.74) is 0.106. The van der Waals surface area contributed by atoms with Gasteiger partial charge in [0.2, 0.25) is 17.7 Å². The first-order valence-corrected chi connectivity index (χ1v) is 16.0. The molecule has 4 aromatic rings. The quantitative estimate of drug-likeness (QED) is 0.163. The average Bonchev–Trinajstić information content (AvgIpc) is 3.77. The number of carbonyl (C=O) groups is 2. The molecule has 0 aliphatic carbocycles. The number of benzene rings is 2. The number of carbonyl (C=O) groups excluding carboxylic acids is 1. The summed E-state index contributed by atoms with van der Waals surface area (Å²) in [6.45, 7) is 11.1. The number of likely N-dealkylation sites (tertiary alicyclic amines) is 1. The van der Waals surface area contributed by atoms with Crippen LogP contribution in [0.1, 0.15) is 71.4 Å². The lowest BCUT2D eigenvalue weighted by atomic mass is 10.1. The first kappa shape index (κ1) is 36.0. The van der Waals surface area contributed by atoms with E-state index in [2.05, 4.69) is 25.4 Å². The average molecular weight is 697 g/mol. The molecule has 2 aromatic carbocycles. The largest absolute Gasteiger partial charge is 0.465 e. The van der Waals surface area contributed by atoms with Crippen molar-refractivity contribution in [3.8, 4) is 22.6 Å². The van der Waals surface area contributed by atoms with Crippen LogP contribution in [0, 0.1) is 0 Å². The molecule has 0 radical (unpaired) electrons. The predicted molar refractivity (Wildman–Crippen MR) is 176 cm³/mol. The summed E-state index contributed by atoms with van der Waals surface area (Å²) in [5.74, 6) is 0.690. The van der Waals surface area contributed by atoms with E-state index in [0.717, 1.165) is 29.0 Å². The minimum atomic E-state index is -4.41. The summed E-state index contributed by atoms with van der Waals surface area (Å²) in [4.78, 5) is 36.8. The molecule has 1 aliphatic heterocycles. The Hall–Kier alpha value is -5.28. The fourth-order valence-corrected chi connectivity index (χ4v) is 5.53. The zero-order chi connectivity index (χ0) is 36.4. The predicted octanol–water partition coefficient (Wildman–Crippen LogP) is 7.14. The summed E-state index contributed by atoms with van der Waals surface area (Å²) in [7, 11) is 0. The molecule has 0 spiro atoms. The van der Waals surface area contributed by atoms with Gasteiger partial charge in [-0.2, -0.15) is 18.2 Å². The highest BCUT2D eigenvalue weighted by atomic mass is 19.4. The van der Waals surface area contributed by atoms with E-state index in [4.69, 9.17) is 9.26 Å². The molecule has 50 heavy (non-hydrogen) atoms. The molecule has 1 N–H and O–H groups in total. The van der Waals surface area contributed by atoms with E-state index in [-0.39, 0.29) is 12.0 Å². The van der Waals surface area contributed by atoms with E-state index in [1.54, 1.807) is 57.3 Å². The molecule has 1 saturated heterocycles. The maximum Gasteiger partial charge on any atom is 0.437 e. The summed E-state index contributed by atoms with van der Waals surface area (Å²) in [6, 6.07) is 11.9. The van der Waals surface area contributed by atoms with Crippen molar-refractivity contribution in [1.82, 2.24) is 34.9 Å². The van der Waals surface area contributed by atoms with Crippen molar-refractivity contribution >= 4 is 18.1 Å². The number of aliphatic imine (C=N–C) groups is 1. The lowest BCUT2D eigenvalue weighted by molar-refractivity contribution is -0.137. The van der Waals surface area contributed by atoms with Crippen molar-refractivity contribution in [1.29, 1.82) is 0 Å². The topological polar surface area (TPSA) is 152 Å². The van der Waals surface area contributed by atoms with E-state index < -0.39 is 35.1 Å². The van der Waals surface area contributed by atoms with Crippen LogP contribution in [0.4, 0.5) is 22.8 Å². The molecule has 1 aliphatic rings. The Morgan fingerprint density at radius 2 is 1.68 bits per heavy atom. The van der Waals surface area contributed by atoms with Crippen LogP contribution in [0.5, 0.6) is 0 Å². The second-order valence-corrected chi connectivity index (χ2v) is 14.0. The van der Waals surface area contributed by atoms with Crippen molar-refractivity contribution in [2.24, 2.45) is 4.99 Å². The van der Waals surface area contributed by atoms with Gasteiger partial charge in [0, 0.05) is 35.7 Å². The Bertz CT molecular complexity index is 1840. The lowest BCUT2D eigenvalue weighted by Crippen LogP contribution is -2.56. The van der Waals surface area contributed by atoms with Gasteiger partial charge < -0.3 is 19.3 Å². The molecule has 3 heterocycles. The molecule has 1 unspecified atom stereocenters. The Kier molecular flexibility index (Phi) is 10.0. The Labute approximate surface area is 286 Å². The lowest BCUT2D eigenvalue weighted by Gasteiger charge is -2.39. The number of aromatic nitrogens is 5. The Morgan fingerprint density at radius 1 is 1.02 bits per heavy atom. The summed E-state index contributed by atoms with van der Waals surface area (Å²) in [6.07, 6.45) is -3.18. The number of guanidine groups is 1. The van der Waals surface area contributed by atoms with Crippen molar-refractivity contribution in [3.05, 3.63) is 71.7 Å².